The predicted octanol–water partition coefficient (Wildman–Crippen LogP) is 4.43. The van der Waals surface area contributed by atoms with Crippen molar-refractivity contribution < 1.29 is 0 Å². The lowest BCUT2D eigenvalue weighted by molar-refractivity contribution is 0.698. The van der Waals surface area contributed by atoms with Crippen molar-refractivity contribution in [3.63, 3.8) is 0 Å². The fourth-order valence-corrected chi connectivity index (χ4v) is 3.08. The predicted molar refractivity (Wildman–Crippen MR) is 88.6 cm³/mol. The second kappa shape index (κ2) is 5.92. The van der Waals surface area contributed by atoms with E-state index in [9.17, 15) is 0 Å². The molecular formula is C17H19N3S. The minimum Gasteiger partial charge on any atom is -0.333 e. The maximum Gasteiger partial charge on any atom is 0.171 e. The van der Waals surface area contributed by atoms with Gasteiger partial charge in [0, 0.05) is 10.9 Å². The molecule has 2 aromatic carbocycles. The first-order chi connectivity index (χ1) is 10.2. The zero-order valence-corrected chi connectivity index (χ0v) is 13.1. The first-order valence-corrected chi connectivity index (χ1v) is 7.97. The number of aryl methyl sites for hydroxylation is 1. The third-order valence-corrected chi connectivity index (χ3v) is 4.47. The highest BCUT2D eigenvalue weighted by molar-refractivity contribution is 7.99. The van der Waals surface area contributed by atoms with Crippen molar-refractivity contribution in [2.45, 2.75) is 36.4 Å². The average Bonchev–Trinajstić information content (AvgIpc) is 2.88. The molecule has 1 unspecified atom stereocenters. The van der Waals surface area contributed by atoms with Gasteiger partial charge in [-0.25, -0.2) is 4.98 Å². The number of hydrogen-bond donors (Lipinski definition) is 2. The van der Waals surface area contributed by atoms with Gasteiger partial charge in [0.15, 0.2) is 5.16 Å². The van der Waals surface area contributed by atoms with E-state index in [0.717, 1.165) is 27.5 Å². The van der Waals surface area contributed by atoms with E-state index in [1.54, 1.807) is 11.8 Å². The Morgan fingerprint density at radius 1 is 1.19 bits per heavy atom. The summed E-state index contributed by atoms with van der Waals surface area (Å²) in [4.78, 5) is 9.13. The molecule has 0 fully saturated rings. The van der Waals surface area contributed by atoms with Crippen LogP contribution in [0.25, 0.3) is 11.0 Å². The van der Waals surface area contributed by atoms with Crippen LogP contribution in [0.1, 0.15) is 30.5 Å². The van der Waals surface area contributed by atoms with Gasteiger partial charge in [-0.1, -0.05) is 36.9 Å². The number of imidazole rings is 1. The fourth-order valence-electron chi connectivity index (χ4n) is 2.28. The summed E-state index contributed by atoms with van der Waals surface area (Å²) < 4.78 is 0. The first-order valence-electron chi connectivity index (χ1n) is 7.15. The SMILES string of the molecule is CCC(N)c1ccc(Sc2nc3ccc(C)cc3[nH]2)cc1. The molecule has 0 aliphatic rings. The van der Waals surface area contributed by atoms with E-state index in [0.29, 0.717) is 0 Å². The van der Waals surface area contributed by atoms with Gasteiger partial charge in [0.1, 0.15) is 0 Å². The van der Waals surface area contributed by atoms with E-state index >= 15 is 0 Å². The Labute approximate surface area is 129 Å². The fraction of sp³-hybridized carbons (Fsp3) is 0.235. The molecule has 21 heavy (non-hydrogen) atoms. The zero-order valence-electron chi connectivity index (χ0n) is 12.3. The van der Waals surface area contributed by atoms with Gasteiger partial charge in [-0.2, -0.15) is 0 Å². The lowest BCUT2D eigenvalue weighted by Crippen LogP contribution is -2.07. The minimum absolute atomic E-state index is 0.123. The molecule has 1 aromatic heterocycles. The summed E-state index contributed by atoms with van der Waals surface area (Å²) >= 11 is 1.64. The number of rotatable bonds is 4. The molecule has 0 radical (unpaired) electrons. The van der Waals surface area contributed by atoms with Crippen molar-refractivity contribution >= 4 is 22.8 Å². The molecule has 3 aromatic rings. The molecule has 108 valence electrons. The smallest absolute Gasteiger partial charge is 0.171 e. The van der Waals surface area contributed by atoms with Crippen molar-refractivity contribution in [1.29, 1.82) is 0 Å². The van der Waals surface area contributed by atoms with Crippen molar-refractivity contribution in [3.05, 3.63) is 53.6 Å². The van der Waals surface area contributed by atoms with Crippen LogP contribution in [0.4, 0.5) is 0 Å². The summed E-state index contributed by atoms with van der Waals surface area (Å²) in [6, 6.07) is 14.8. The maximum absolute atomic E-state index is 6.04. The monoisotopic (exact) mass is 297 g/mol. The van der Waals surface area contributed by atoms with E-state index in [1.807, 2.05) is 0 Å². The second-order valence-electron chi connectivity index (χ2n) is 5.25. The number of nitrogens with two attached hydrogens (primary N) is 1. The molecule has 1 heterocycles. The van der Waals surface area contributed by atoms with Gasteiger partial charge < -0.3 is 10.7 Å². The molecule has 1 atom stereocenters. The summed E-state index contributed by atoms with van der Waals surface area (Å²) in [5.41, 5.74) is 10.5. The molecule has 0 saturated heterocycles. The highest BCUT2D eigenvalue weighted by Gasteiger charge is 2.06. The Kier molecular flexibility index (Phi) is 3.99. The van der Waals surface area contributed by atoms with Crippen LogP contribution in [-0.4, -0.2) is 9.97 Å². The molecule has 3 rings (SSSR count). The summed E-state index contributed by atoms with van der Waals surface area (Å²) in [6.45, 7) is 4.19. The van der Waals surface area contributed by atoms with Crippen LogP contribution >= 0.6 is 11.8 Å². The van der Waals surface area contributed by atoms with E-state index in [-0.39, 0.29) is 6.04 Å². The number of aromatic amines is 1. The Balaban J connectivity index is 1.81. The van der Waals surface area contributed by atoms with Gasteiger partial charge in [0.05, 0.1) is 11.0 Å². The second-order valence-corrected chi connectivity index (χ2v) is 6.31. The normalized spacial score (nSPS) is 12.7. The van der Waals surface area contributed by atoms with Gasteiger partial charge in [0.2, 0.25) is 0 Å². The third-order valence-electron chi connectivity index (χ3n) is 3.58. The van der Waals surface area contributed by atoms with Crippen molar-refractivity contribution in [3.8, 4) is 0 Å². The molecule has 3 nitrogen and oxygen atoms in total. The minimum atomic E-state index is 0.123. The molecule has 4 heteroatoms. The molecular weight excluding hydrogens is 278 g/mol. The molecule has 0 spiro atoms. The summed E-state index contributed by atoms with van der Waals surface area (Å²) in [5, 5.41) is 0.920. The largest absolute Gasteiger partial charge is 0.333 e. The number of nitrogens with zero attached hydrogens (tertiary/aromatic N) is 1. The van der Waals surface area contributed by atoms with Crippen LogP contribution < -0.4 is 5.73 Å². The van der Waals surface area contributed by atoms with Crippen LogP contribution in [0, 0.1) is 6.92 Å². The lowest BCUT2D eigenvalue weighted by atomic mass is 10.1. The van der Waals surface area contributed by atoms with E-state index in [4.69, 9.17) is 5.73 Å². The van der Waals surface area contributed by atoms with Gasteiger partial charge >= 0.3 is 0 Å². The van der Waals surface area contributed by atoms with Gasteiger partial charge in [-0.15, -0.1) is 0 Å². The summed E-state index contributed by atoms with van der Waals surface area (Å²) in [7, 11) is 0. The molecule has 0 bridgehead atoms. The Hall–Kier alpha value is -1.78. The molecule has 0 saturated carbocycles. The number of fused-ring (bicyclic) bond motifs is 1. The number of nitrogens with one attached hydrogen (secondary N) is 1. The van der Waals surface area contributed by atoms with Crippen molar-refractivity contribution in [1.82, 2.24) is 9.97 Å². The number of benzene rings is 2. The van der Waals surface area contributed by atoms with Gasteiger partial charge in [0.25, 0.3) is 0 Å². The first kappa shape index (κ1) is 14.2. The Morgan fingerprint density at radius 3 is 2.67 bits per heavy atom. The number of hydrogen-bond acceptors (Lipinski definition) is 3. The van der Waals surface area contributed by atoms with Crippen LogP contribution in [0.15, 0.2) is 52.5 Å². The lowest BCUT2D eigenvalue weighted by Gasteiger charge is -2.09. The van der Waals surface area contributed by atoms with E-state index < -0.39 is 0 Å². The van der Waals surface area contributed by atoms with Gasteiger partial charge in [-0.05, 0) is 48.7 Å². The summed E-state index contributed by atoms with van der Waals surface area (Å²) in [5.74, 6) is 0. The molecule has 0 aliphatic carbocycles. The van der Waals surface area contributed by atoms with Crippen molar-refractivity contribution in [2.75, 3.05) is 0 Å². The van der Waals surface area contributed by atoms with Crippen LogP contribution in [0.5, 0.6) is 0 Å². The highest BCUT2D eigenvalue weighted by atomic mass is 32.2. The quantitative estimate of drug-likeness (QED) is 0.749. The highest BCUT2D eigenvalue weighted by Crippen LogP contribution is 2.28. The number of H-pyrrole nitrogens is 1. The van der Waals surface area contributed by atoms with Gasteiger partial charge in [-0.3, -0.25) is 0 Å². The van der Waals surface area contributed by atoms with E-state index in [1.165, 1.54) is 11.1 Å². The number of aromatic nitrogens is 2. The Bertz CT molecular complexity index is 746. The van der Waals surface area contributed by atoms with Crippen LogP contribution in [-0.2, 0) is 0 Å². The topological polar surface area (TPSA) is 54.7 Å². The van der Waals surface area contributed by atoms with E-state index in [2.05, 4.69) is 66.3 Å². The molecule has 3 N–H and O–H groups in total. The zero-order chi connectivity index (χ0) is 14.8. The molecule has 0 aliphatic heterocycles. The standard InChI is InChI=1S/C17H19N3S/c1-3-14(18)12-5-7-13(8-6-12)21-17-19-15-9-4-11(2)10-16(15)20-17/h4-10,14H,3,18H2,1-2H3,(H,19,20). The average molecular weight is 297 g/mol. The molecule has 0 amide bonds. The van der Waals surface area contributed by atoms with Crippen molar-refractivity contribution in [2.24, 2.45) is 5.73 Å². The van der Waals surface area contributed by atoms with Crippen LogP contribution in [0.2, 0.25) is 0 Å². The Morgan fingerprint density at radius 2 is 1.95 bits per heavy atom. The maximum atomic E-state index is 6.04. The summed E-state index contributed by atoms with van der Waals surface area (Å²) in [6.07, 6.45) is 0.954. The van der Waals surface area contributed by atoms with Crippen LogP contribution in [0.3, 0.4) is 0 Å². The third kappa shape index (κ3) is 3.12.